The molecule has 0 atom stereocenters. The maximum absolute atomic E-state index is 9.20. The number of rotatable bonds is 3. The number of nitriles is 1. The summed E-state index contributed by atoms with van der Waals surface area (Å²) >= 11 is 0. The molecular weight excluding hydrogens is 236 g/mol. The second kappa shape index (κ2) is 4.43. The van der Waals surface area contributed by atoms with Gasteiger partial charge in [-0.25, -0.2) is 4.98 Å². The highest BCUT2D eigenvalue weighted by Gasteiger charge is 2.29. The third-order valence-electron chi connectivity index (χ3n) is 3.55. The van der Waals surface area contributed by atoms with Crippen molar-refractivity contribution in [3.05, 3.63) is 35.7 Å². The summed E-state index contributed by atoms with van der Waals surface area (Å²) in [6, 6.07) is 10.2. The van der Waals surface area contributed by atoms with E-state index >= 15 is 0 Å². The minimum atomic E-state index is 0.505. The molecule has 3 rings (SSSR count). The van der Waals surface area contributed by atoms with Crippen LogP contribution in [0.25, 0.3) is 11.3 Å². The number of imidazole rings is 1. The number of aromatic nitrogens is 2. The van der Waals surface area contributed by atoms with Gasteiger partial charge in [-0.1, -0.05) is 25.1 Å². The van der Waals surface area contributed by atoms with Crippen LogP contribution in [0.4, 0.5) is 5.82 Å². The molecule has 4 heteroatoms. The first-order chi connectivity index (χ1) is 9.26. The number of nitrogen functional groups attached to an aromatic ring is 1. The fraction of sp³-hybridized carbons (Fsp3) is 0.333. The first-order valence-electron chi connectivity index (χ1n) is 6.62. The Balaban J connectivity index is 2.18. The summed E-state index contributed by atoms with van der Waals surface area (Å²) in [4.78, 5) is 4.66. The van der Waals surface area contributed by atoms with E-state index in [2.05, 4.69) is 22.5 Å². The summed E-state index contributed by atoms with van der Waals surface area (Å²) in [7, 11) is 0. The van der Waals surface area contributed by atoms with Crippen LogP contribution in [0.5, 0.6) is 0 Å². The average molecular weight is 252 g/mol. The molecule has 1 aliphatic carbocycles. The SMILES string of the molecule is CCc1nc(-c2ccccc2C#N)c(N)n1C1CC1. The fourth-order valence-electron chi connectivity index (χ4n) is 2.47. The Morgan fingerprint density at radius 3 is 2.79 bits per heavy atom. The minimum Gasteiger partial charge on any atom is -0.383 e. The van der Waals surface area contributed by atoms with E-state index in [-0.39, 0.29) is 0 Å². The molecule has 19 heavy (non-hydrogen) atoms. The molecule has 1 fully saturated rings. The van der Waals surface area contributed by atoms with Crippen molar-refractivity contribution < 1.29 is 0 Å². The second-order valence-electron chi connectivity index (χ2n) is 4.87. The van der Waals surface area contributed by atoms with Gasteiger partial charge in [0, 0.05) is 18.0 Å². The van der Waals surface area contributed by atoms with Gasteiger partial charge in [0.05, 0.1) is 11.6 Å². The second-order valence-corrected chi connectivity index (χ2v) is 4.87. The standard InChI is InChI=1S/C15H16N4/c1-2-13-18-14(15(17)19(13)11-7-8-11)12-6-4-3-5-10(12)9-16/h3-6,11H,2,7-8,17H2,1H3. The van der Waals surface area contributed by atoms with Gasteiger partial charge in [0.15, 0.2) is 0 Å². The van der Waals surface area contributed by atoms with Gasteiger partial charge in [0.1, 0.15) is 17.3 Å². The van der Waals surface area contributed by atoms with Crippen molar-refractivity contribution in [3.63, 3.8) is 0 Å². The predicted molar refractivity (Wildman–Crippen MR) is 74.4 cm³/mol. The van der Waals surface area contributed by atoms with Crippen LogP contribution in [0.3, 0.4) is 0 Å². The van der Waals surface area contributed by atoms with Crippen LogP contribution in [-0.2, 0) is 6.42 Å². The Kier molecular flexibility index (Phi) is 2.75. The Hall–Kier alpha value is -2.28. The molecule has 1 aromatic heterocycles. The zero-order valence-corrected chi connectivity index (χ0v) is 10.9. The molecule has 0 radical (unpaired) electrons. The molecule has 96 valence electrons. The predicted octanol–water partition coefficient (Wildman–Crippen LogP) is 2.90. The van der Waals surface area contributed by atoms with Gasteiger partial charge in [-0.3, -0.25) is 0 Å². The monoisotopic (exact) mass is 252 g/mol. The summed E-state index contributed by atoms with van der Waals surface area (Å²) in [5.74, 6) is 1.71. The molecule has 1 saturated carbocycles. The lowest BCUT2D eigenvalue weighted by Crippen LogP contribution is -2.04. The van der Waals surface area contributed by atoms with Crippen molar-refractivity contribution in [1.29, 1.82) is 5.26 Å². The van der Waals surface area contributed by atoms with Crippen molar-refractivity contribution in [3.8, 4) is 17.3 Å². The van der Waals surface area contributed by atoms with E-state index in [0.717, 1.165) is 23.5 Å². The molecule has 0 aliphatic heterocycles. The Labute approximate surface area is 112 Å². The quantitative estimate of drug-likeness (QED) is 0.913. The highest BCUT2D eigenvalue weighted by Crippen LogP contribution is 2.41. The Bertz CT molecular complexity index is 659. The number of hydrogen-bond donors (Lipinski definition) is 1. The third-order valence-corrected chi connectivity index (χ3v) is 3.55. The molecular formula is C15H16N4. The molecule has 0 bridgehead atoms. The van der Waals surface area contributed by atoms with Gasteiger partial charge in [-0.15, -0.1) is 0 Å². The zero-order chi connectivity index (χ0) is 13.4. The molecule has 2 aromatic rings. The maximum Gasteiger partial charge on any atom is 0.132 e. The van der Waals surface area contributed by atoms with Crippen molar-refractivity contribution in [1.82, 2.24) is 9.55 Å². The van der Waals surface area contributed by atoms with Crippen molar-refractivity contribution in [2.24, 2.45) is 0 Å². The largest absolute Gasteiger partial charge is 0.383 e. The molecule has 0 spiro atoms. The number of nitrogens with zero attached hydrogens (tertiary/aromatic N) is 3. The van der Waals surface area contributed by atoms with Crippen LogP contribution in [0.2, 0.25) is 0 Å². The lowest BCUT2D eigenvalue weighted by molar-refractivity contribution is 0.696. The summed E-state index contributed by atoms with van der Waals surface area (Å²) in [5.41, 5.74) is 8.47. The van der Waals surface area contributed by atoms with Crippen molar-refractivity contribution >= 4 is 5.82 Å². The van der Waals surface area contributed by atoms with Gasteiger partial charge in [-0.2, -0.15) is 5.26 Å². The Morgan fingerprint density at radius 1 is 1.42 bits per heavy atom. The van der Waals surface area contributed by atoms with Gasteiger partial charge in [0.25, 0.3) is 0 Å². The molecule has 1 aromatic carbocycles. The number of nitrogens with two attached hydrogens (primary N) is 1. The van der Waals surface area contributed by atoms with E-state index in [1.165, 1.54) is 12.8 Å². The average Bonchev–Trinajstić information content (AvgIpc) is 3.22. The van der Waals surface area contributed by atoms with Crippen LogP contribution in [0.1, 0.15) is 37.2 Å². The van der Waals surface area contributed by atoms with Crippen molar-refractivity contribution in [2.75, 3.05) is 5.73 Å². The Morgan fingerprint density at radius 2 is 2.16 bits per heavy atom. The normalized spacial score (nSPS) is 14.3. The number of benzene rings is 1. The summed E-state index contributed by atoms with van der Waals surface area (Å²) in [5, 5.41) is 9.20. The van der Waals surface area contributed by atoms with Gasteiger partial charge < -0.3 is 10.3 Å². The topological polar surface area (TPSA) is 67.6 Å². The third kappa shape index (κ3) is 1.88. The fourth-order valence-corrected chi connectivity index (χ4v) is 2.47. The van der Waals surface area contributed by atoms with E-state index in [1.807, 2.05) is 18.2 Å². The van der Waals surface area contributed by atoms with E-state index in [0.29, 0.717) is 17.4 Å². The molecule has 2 N–H and O–H groups in total. The molecule has 1 heterocycles. The molecule has 4 nitrogen and oxygen atoms in total. The minimum absolute atomic E-state index is 0.505. The first kappa shape index (κ1) is 11.8. The lowest BCUT2D eigenvalue weighted by Gasteiger charge is -2.06. The summed E-state index contributed by atoms with van der Waals surface area (Å²) < 4.78 is 2.14. The molecule has 1 aliphatic rings. The number of hydrogen-bond acceptors (Lipinski definition) is 3. The van der Waals surface area contributed by atoms with E-state index in [9.17, 15) is 5.26 Å². The molecule has 0 amide bonds. The van der Waals surface area contributed by atoms with E-state index < -0.39 is 0 Å². The van der Waals surface area contributed by atoms with Crippen molar-refractivity contribution in [2.45, 2.75) is 32.2 Å². The van der Waals surface area contributed by atoms with E-state index in [4.69, 9.17) is 5.73 Å². The van der Waals surface area contributed by atoms with Crippen LogP contribution < -0.4 is 5.73 Å². The summed E-state index contributed by atoms with van der Waals surface area (Å²) in [6.07, 6.45) is 3.20. The highest BCUT2D eigenvalue weighted by molar-refractivity contribution is 5.76. The van der Waals surface area contributed by atoms with Gasteiger partial charge in [0.2, 0.25) is 0 Å². The maximum atomic E-state index is 9.20. The number of anilines is 1. The smallest absolute Gasteiger partial charge is 0.132 e. The molecule has 0 unspecified atom stereocenters. The van der Waals surface area contributed by atoms with Crippen LogP contribution >= 0.6 is 0 Å². The molecule has 0 saturated heterocycles. The van der Waals surface area contributed by atoms with Gasteiger partial charge >= 0.3 is 0 Å². The first-order valence-corrected chi connectivity index (χ1v) is 6.62. The van der Waals surface area contributed by atoms with Crippen LogP contribution in [-0.4, -0.2) is 9.55 Å². The van der Waals surface area contributed by atoms with E-state index in [1.54, 1.807) is 6.07 Å². The van der Waals surface area contributed by atoms with Crippen LogP contribution in [0.15, 0.2) is 24.3 Å². The number of aryl methyl sites for hydroxylation is 1. The highest BCUT2D eigenvalue weighted by atomic mass is 15.2. The summed E-state index contributed by atoms with van der Waals surface area (Å²) in [6.45, 7) is 2.08. The lowest BCUT2D eigenvalue weighted by atomic mass is 10.1. The van der Waals surface area contributed by atoms with Gasteiger partial charge in [-0.05, 0) is 18.9 Å². The zero-order valence-electron chi connectivity index (χ0n) is 10.9. The van der Waals surface area contributed by atoms with Crippen LogP contribution in [0, 0.1) is 11.3 Å².